The van der Waals surface area contributed by atoms with Gasteiger partial charge in [-0.15, -0.1) is 0 Å². The number of carbonyl (C=O) groups excluding carboxylic acids is 2. The standard InChI is InChI=1S/C17H22O6/c1-13(2)16(19)22-11-3-9-21-10-4-12-23-17(20)14-5-7-15(18)8-6-14/h5-8,18H,1,3-4,9-12H2,2H3. The van der Waals surface area contributed by atoms with Gasteiger partial charge in [-0.25, -0.2) is 9.59 Å². The summed E-state index contributed by atoms with van der Waals surface area (Å²) < 4.78 is 15.3. The normalized spacial score (nSPS) is 10.1. The lowest BCUT2D eigenvalue weighted by Gasteiger charge is -2.07. The van der Waals surface area contributed by atoms with Gasteiger partial charge >= 0.3 is 11.9 Å². The van der Waals surface area contributed by atoms with E-state index in [0.29, 0.717) is 43.8 Å². The highest BCUT2D eigenvalue weighted by atomic mass is 16.5. The molecule has 0 spiro atoms. The Balaban J connectivity index is 1.99. The van der Waals surface area contributed by atoms with Gasteiger partial charge in [0.2, 0.25) is 0 Å². The van der Waals surface area contributed by atoms with Crippen LogP contribution in [0.2, 0.25) is 0 Å². The summed E-state index contributed by atoms with van der Waals surface area (Å²) >= 11 is 0. The zero-order valence-electron chi connectivity index (χ0n) is 13.2. The number of esters is 2. The van der Waals surface area contributed by atoms with Crippen LogP contribution in [0.15, 0.2) is 36.4 Å². The molecular weight excluding hydrogens is 300 g/mol. The van der Waals surface area contributed by atoms with Crippen molar-refractivity contribution in [3.05, 3.63) is 42.0 Å². The molecule has 0 aliphatic rings. The van der Waals surface area contributed by atoms with Crippen molar-refractivity contribution in [2.45, 2.75) is 19.8 Å². The lowest BCUT2D eigenvalue weighted by atomic mass is 10.2. The predicted molar refractivity (Wildman–Crippen MR) is 84.2 cm³/mol. The van der Waals surface area contributed by atoms with Crippen LogP contribution >= 0.6 is 0 Å². The largest absolute Gasteiger partial charge is 0.508 e. The van der Waals surface area contributed by atoms with Crippen LogP contribution in [0.4, 0.5) is 0 Å². The molecule has 0 bridgehead atoms. The van der Waals surface area contributed by atoms with Gasteiger partial charge in [-0.3, -0.25) is 0 Å². The molecule has 0 aliphatic heterocycles. The van der Waals surface area contributed by atoms with E-state index in [4.69, 9.17) is 19.3 Å². The Bertz CT molecular complexity index is 520. The SMILES string of the molecule is C=C(C)C(=O)OCCCOCCCOC(=O)c1ccc(O)cc1. The molecule has 0 saturated heterocycles. The first-order chi connectivity index (χ1) is 11.0. The fourth-order valence-corrected chi connectivity index (χ4v) is 1.56. The number of carbonyl (C=O) groups is 2. The molecule has 23 heavy (non-hydrogen) atoms. The molecule has 126 valence electrons. The van der Waals surface area contributed by atoms with Crippen molar-refractivity contribution in [2.24, 2.45) is 0 Å². The smallest absolute Gasteiger partial charge is 0.338 e. The molecule has 0 aliphatic carbocycles. The zero-order chi connectivity index (χ0) is 17.1. The molecule has 0 radical (unpaired) electrons. The summed E-state index contributed by atoms with van der Waals surface area (Å²) in [4.78, 5) is 22.7. The maximum absolute atomic E-state index is 11.6. The number of hydrogen-bond donors (Lipinski definition) is 1. The molecule has 1 N–H and O–H groups in total. The molecule has 6 heteroatoms. The molecule has 0 heterocycles. The van der Waals surface area contributed by atoms with Crippen LogP contribution in [-0.2, 0) is 19.0 Å². The molecular formula is C17H22O6. The second kappa shape index (κ2) is 10.4. The molecule has 0 amide bonds. The van der Waals surface area contributed by atoms with Crippen LogP contribution in [0.25, 0.3) is 0 Å². The first-order valence-electron chi connectivity index (χ1n) is 7.37. The number of phenols is 1. The van der Waals surface area contributed by atoms with Crippen LogP contribution < -0.4 is 0 Å². The van der Waals surface area contributed by atoms with E-state index in [-0.39, 0.29) is 12.4 Å². The van der Waals surface area contributed by atoms with E-state index < -0.39 is 11.9 Å². The van der Waals surface area contributed by atoms with E-state index in [1.54, 1.807) is 6.92 Å². The first-order valence-corrected chi connectivity index (χ1v) is 7.37. The minimum Gasteiger partial charge on any atom is -0.508 e. The number of benzene rings is 1. The number of aromatic hydroxyl groups is 1. The van der Waals surface area contributed by atoms with Crippen molar-refractivity contribution in [3.63, 3.8) is 0 Å². The Morgan fingerprint density at radius 2 is 1.57 bits per heavy atom. The summed E-state index contributed by atoms with van der Waals surface area (Å²) in [5.74, 6) is -0.730. The molecule has 0 saturated carbocycles. The van der Waals surface area contributed by atoms with E-state index in [1.807, 2.05) is 0 Å². The van der Waals surface area contributed by atoms with E-state index >= 15 is 0 Å². The third-order valence-electron chi connectivity index (χ3n) is 2.78. The fourth-order valence-electron chi connectivity index (χ4n) is 1.56. The van der Waals surface area contributed by atoms with E-state index in [2.05, 4.69) is 6.58 Å². The van der Waals surface area contributed by atoms with Gasteiger partial charge in [-0.2, -0.15) is 0 Å². The Morgan fingerprint density at radius 1 is 1.00 bits per heavy atom. The Kier molecular flexibility index (Phi) is 8.46. The van der Waals surface area contributed by atoms with Gasteiger partial charge in [0.25, 0.3) is 0 Å². The molecule has 0 atom stereocenters. The van der Waals surface area contributed by atoms with Crippen LogP contribution in [0.5, 0.6) is 5.75 Å². The molecule has 1 rings (SSSR count). The molecule has 0 unspecified atom stereocenters. The number of phenolic OH excluding ortho intramolecular Hbond substituents is 1. The van der Waals surface area contributed by atoms with Gasteiger partial charge in [0.15, 0.2) is 0 Å². The monoisotopic (exact) mass is 322 g/mol. The first kappa shape index (κ1) is 18.7. The van der Waals surface area contributed by atoms with Crippen molar-refractivity contribution in [2.75, 3.05) is 26.4 Å². The average Bonchev–Trinajstić information content (AvgIpc) is 2.53. The third kappa shape index (κ3) is 8.01. The maximum Gasteiger partial charge on any atom is 0.338 e. The quantitative estimate of drug-likeness (QED) is 0.405. The minimum atomic E-state index is -0.434. The third-order valence-corrected chi connectivity index (χ3v) is 2.78. The summed E-state index contributed by atoms with van der Waals surface area (Å²) in [7, 11) is 0. The van der Waals surface area contributed by atoms with Gasteiger partial charge in [0, 0.05) is 31.6 Å². The van der Waals surface area contributed by atoms with Crippen molar-refractivity contribution < 1.29 is 28.9 Å². The van der Waals surface area contributed by atoms with Gasteiger partial charge in [-0.05, 0) is 31.2 Å². The Labute approximate surface area is 135 Å². The van der Waals surface area contributed by atoms with E-state index in [9.17, 15) is 9.59 Å². The molecule has 1 aromatic carbocycles. The van der Waals surface area contributed by atoms with Gasteiger partial charge in [0.1, 0.15) is 5.75 Å². The van der Waals surface area contributed by atoms with Gasteiger partial charge in [-0.1, -0.05) is 6.58 Å². The zero-order valence-corrected chi connectivity index (χ0v) is 13.2. The number of rotatable bonds is 10. The summed E-state index contributed by atoms with van der Waals surface area (Å²) in [6, 6.07) is 5.86. The van der Waals surface area contributed by atoms with E-state index in [0.717, 1.165) is 0 Å². The number of hydrogen-bond acceptors (Lipinski definition) is 6. The van der Waals surface area contributed by atoms with Crippen LogP contribution in [0.3, 0.4) is 0 Å². The van der Waals surface area contributed by atoms with Crippen LogP contribution in [0.1, 0.15) is 30.1 Å². The predicted octanol–water partition coefficient (Wildman–Crippen LogP) is 2.47. The van der Waals surface area contributed by atoms with Crippen LogP contribution in [0, 0.1) is 0 Å². The molecule has 6 nitrogen and oxygen atoms in total. The van der Waals surface area contributed by atoms with Gasteiger partial charge < -0.3 is 19.3 Å². The maximum atomic E-state index is 11.6. The highest BCUT2D eigenvalue weighted by Gasteiger charge is 2.06. The van der Waals surface area contributed by atoms with Crippen molar-refractivity contribution in [1.82, 2.24) is 0 Å². The minimum absolute atomic E-state index is 0.101. The summed E-state index contributed by atoms with van der Waals surface area (Å²) in [6.07, 6.45) is 1.18. The average molecular weight is 322 g/mol. The number of ether oxygens (including phenoxy) is 3. The fraction of sp³-hybridized carbons (Fsp3) is 0.412. The lowest BCUT2D eigenvalue weighted by molar-refractivity contribution is -0.139. The topological polar surface area (TPSA) is 82.1 Å². The lowest BCUT2D eigenvalue weighted by Crippen LogP contribution is -2.10. The van der Waals surface area contributed by atoms with Crippen molar-refractivity contribution in [3.8, 4) is 5.75 Å². The molecule has 1 aromatic rings. The second-order valence-corrected chi connectivity index (χ2v) is 4.92. The molecule has 0 fully saturated rings. The highest BCUT2D eigenvalue weighted by molar-refractivity contribution is 5.89. The van der Waals surface area contributed by atoms with Gasteiger partial charge in [0.05, 0.1) is 18.8 Å². The van der Waals surface area contributed by atoms with E-state index in [1.165, 1.54) is 24.3 Å². The van der Waals surface area contributed by atoms with Crippen LogP contribution in [-0.4, -0.2) is 43.5 Å². The molecule has 0 aromatic heterocycles. The summed E-state index contributed by atoms with van der Waals surface area (Å²) in [5.41, 5.74) is 0.768. The summed E-state index contributed by atoms with van der Waals surface area (Å²) in [5, 5.41) is 9.13. The highest BCUT2D eigenvalue weighted by Crippen LogP contribution is 2.10. The Morgan fingerprint density at radius 3 is 2.13 bits per heavy atom. The second-order valence-electron chi connectivity index (χ2n) is 4.92. The van der Waals surface area contributed by atoms with Crippen molar-refractivity contribution >= 4 is 11.9 Å². The Hall–Kier alpha value is -2.34. The summed E-state index contributed by atoms with van der Waals surface area (Å²) in [6.45, 7) is 6.55. The van der Waals surface area contributed by atoms with Crippen molar-refractivity contribution in [1.29, 1.82) is 0 Å².